The van der Waals surface area contributed by atoms with Crippen LogP contribution in [-0.4, -0.2) is 23.4 Å². The molecule has 72 valence electrons. The van der Waals surface area contributed by atoms with Gasteiger partial charge in [-0.15, -0.1) is 0 Å². The van der Waals surface area contributed by atoms with Crippen molar-refractivity contribution in [3.63, 3.8) is 0 Å². The Labute approximate surface area is 81.8 Å². The first-order valence-corrected chi connectivity index (χ1v) is 4.68. The third kappa shape index (κ3) is 6.16. The van der Waals surface area contributed by atoms with E-state index in [1.807, 2.05) is 0 Å². The zero-order valence-corrected chi connectivity index (χ0v) is 8.36. The summed E-state index contributed by atoms with van der Waals surface area (Å²) in [4.78, 5) is 21.5. The fourth-order valence-corrected chi connectivity index (χ4v) is 1.06. The van der Waals surface area contributed by atoms with E-state index in [9.17, 15) is 9.59 Å². The van der Waals surface area contributed by atoms with Crippen LogP contribution in [-0.2, 0) is 14.3 Å². The maximum atomic E-state index is 11.0. The van der Waals surface area contributed by atoms with Crippen molar-refractivity contribution in [1.82, 2.24) is 0 Å². The number of hydrogen-bond donors (Lipinski definition) is 0. The van der Waals surface area contributed by atoms with Crippen LogP contribution in [0.3, 0.4) is 0 Å². The molecular formula is C9H12O3S. The van der Waals surface area contributed by atoms with Gasteiger partial charge in [-0.1, -0.05) is 24.9 Å². The van der Waals surface area contributed by atoms with E-state index in [2.05, 4.69) is 17.9 Å². The summed E-state index contributed by atoms with van der Waals surface area (Å²) in [7, 11) is 0. The van der Waals surface area contributed by atoms with Crippen LogP contribution in [0.15, 0.2) is 24.8 Å². The van der Waals surface area contributed by atoms with Crippen molar-refractivity contribution in [2.75, 3.05) is 12.4 Å². The van der Waals surface area contributed by atoms with Crippen molar-refractivity contribution in [2.45, 2.75) is 6.92 Å². The normalized spacial score (nSPS) is 9.00. The molecule has 0 N–H and O–H groups in total. The summed E-state index contributed by atoms with van der Waals surface area (Å²) >= 11 is 1.09. The molecule has 3 nitrogen and oxygen atoms in total. The van der Waals surface area contributed by atoms with E-state index < -0.39 is 5.97 Å². The maximum Gasteiger partial charge on any atom is 0.330 e. The molecule has 0 rings (SSSR count). The summed E-state index contributed by atoms with van der Waals surface area (Å²) in [6.07, 6.45) is 1.09. The molecule has 4 heteroatoms. The first kappa shape index (κ1) is 12.0. The van der Waals surface area contributed by atoms with Gasteiger partial charge in [0, 0.05) is 11.8 Å². The predicted molar refractivity (Wildman–Crippen MR) is 53.4 cm³/mol. The number of carbonyl (C=O) groups is 2. The molecule has 0 aromatic heterocycles. The summed E-state index contributed by atoms with van der Waals surface area (Å²) < 4.78 is 4.66. The lowest BCUT2D eigenvalue weighted by molar-refractivity contribution is -0.137. The molecule has 0 saturated heterocycles. The molecular weight excluding hydrogens is 188 g/mol. The Morgan fingerprint density at radius 3 is 2.62 bits per heavy atom. The van der Waals surface area contributed by atoms with Crippen LogP contribution in [0.1, 0.15) is 6.92 Å². The van der Waals surface area contributed by atoms with Crippen LogP contribution in [0.2, 0.25) is 0 Å². The highest BCUT2D eigenvalue weighted by molar-refractivity contribution is 8.14. The van der Waals surface area contributed by atoms with Crippen molar-refractivity contribution >= 4 is 22.8 Å². The van der Waals surface area contributed by atoms with Crippen molar-refractivity contribution in [3.8, 4) is 0 Å². The molecule has 0 heterocycles. The monoisotopic (exact) mass is 200 g/mol. The lowest BCUT2D eigenvalue weighted by Crippen LogP contribution is -2.05. The Hall–Kier alpha value is -1.03. The van der Waals surface area contributed by atoms with Gasteiger partial charge in [-0.05, 0) is 12.5 Å². The van der Waals surface area contributed by atoms with Gasteiger partial charge >= 0.3 is 5.97 Å². The molecule has 0 amide bonds. The third-order valence-electron chi connectivity index (χ3n) is 1.08. The number of hydrogen-bond acceptors (Lipinski definition) is 4. The Morgan fingerprint density at radius 1 is 1.54 bits per heavy atom. The Morgan fingerprint density at radius 2 is 2.15 bits per heavy atom. The number of carbonyl (C=O) groups excluding carboxylic acids is 2. The molecule has 0 aliphatic heterocycles. The average Bonchev–Trinajstić information content (AvgIpc) is 2.11. The highest BCUT2D eigenvalue weighted by Crippen LogP contribution is 2.07. The second-order valence-corrected chi connectivity index (χ2v) is 3.36. The summed E-state index contributed by atoms with van der Waals surface area (Å²) in [5.74, 6) is -0.0194. The number of ether oxygens (including phenoxy) is 1. The van der Waals surface area contributed by atoms with E-state index in [0.717, 1.165) is 17.8 Å². The fraction of sp³-hybridized carbons (Fsp3) is 0.333. The first-order chi connectivity index (χ1) is 6.07. The van der Waals surface area contributed by atoms with Gasteiger partial charge in [-0.2, -0.15) is 0 Å². The predicted octanol–water partition coefficient (Wildman–Crippen LogP) is 1.55. The zero-order chi connectivity index (χ0) is 10.3. The average molecular weight is 200 g/mol. The smallest absolute Gasteiger partial charge is 0.330 e. The van der Waals surface area contributed by atoms with Crippen LogP contribution >= 0.6 is 11.8 Å². The standard InChI is InChI=1S/C9H12O3S/c1-4-8(10)12-5-6-13-9(11)7(2)3/h4H,1-2,5-6H2,3H3. The summed E-state index contributed by atoms with van der Waals surface area (Å²) in [5, 5.41) is -0.0744. The third-order valence-corrected chi connectivity index (χ3v) is 2.06. The minimum absolute atomic E-state index is 0.0744. The van der Waals surface area contributed by atoms with Crippen molar-refractivity contribution < 1.29 is 14.3 Å². The molecule has 0 aliphatic carbocycles. The molecule has 0 fully saturated rings. The van der Waals surface area contributed by atoms with Crippen LogP contribution in [0.5, 0.6) is 0 Å². The van der Waals surface area contributed by atoms with Gasteiger partial charge in [-0.25, -0.2) is 4.79 Å². The van der Waals surface area contributed by atoms with E-state index in [1.54, 1.807) is 6.92 Å². The van der Waals surface area contributed by atoms with Crippen LogP contribution < -0.4 is 0 Å². The molecule has 0 bridgehead atoms. The van der Waals surface area contributed by atoms with Crippen molar-refractivity contribution in [2.24, 2.45) is 0 Å². The van der Waals surface area contributed by atoms with E-state index in [-0.39, 0.29) is 11.7 Å². The van der Waals surface area contributed by atoms with E-state index in [0.29, 0.717) is 11.3 Å². The van der Waals surface area contributed by atoms with E-state index in [4.69, 9.17) is 0 Å². The Bertz CT molecular complexity index is 233. The fourth-order valence-electron chi connectivity index (χ4n) is 0.459. The number of esters is 1. The lowest BCUT2D eigenvalue weighted by Gasteiger charge is -2.00. The quantitative estimate of drug-likeness (QED) is 0.383. The molecule has 0 radical (unpaired) electrons. The van der Waals surface area contributed by atoms with Crippen molar-refractivity contribution in [3.05, 3.63) is 24.8 Å². The molecule has 0 atom stereocenters. The minimum atomic E-state index is -0.469. The van der Waals surface area contributed by atoms with Gasteiger partial charge < -0.3 is 4.74 Å². The van der Waals surface area contributed by atoms with E-state index in [1.165, 1.54) is 0 Å². The molecule has 0 unspecified atom stereocenters. The highest BCUT2D eigenvalue weighted by atomic mass is 32.2. The van der Waals surface area contributed by atoms with Gasteiger partial charge in [0.05, 0.1) is 0 Å². The maximum absolute atomic E-state index is 11.0. The zero-order valence-electron chi connectivity index (χ0n) is 7.54. The molecule has 0 aromatic carbocycles. The van der Waals surface area contributed by atoms with Gasteiger partial charge in [-0.3, -0.25) is 4.79 Å². The Balaban J connectivity index is 3.46. The highest BCUT2D eigenvalue weighted by Gasteiger charge is 2.03. The van der Waals surface area contributed by atoms with Crippen LogP contribution in [0.25, 0.3) is 0 Å². The Kier molecular flexibility index (Phi) is 5.97. The summed E-state index contributed by atoms with van der Waals surface area (Å²) in [5.41, 5.74) is 0.500. The molecule has 0 saturated carbocycles. The minimum Gasteiger partial charge on any atom is -0.462 e. The van der Waals surface area contributed by atoms with Crippen molar-refractivity contribution in [1.29, 1.82) is 0 Å². The SMILES string of the molecule is C=CC(=O)OCCSC(=O)C(=C)C. The van der Waals surface area contributed by atoms with Crippen LogP contribution in [0, 0.1) is 0 Å². The topological polar surface area (TPSA) is 43.4 Å². The first-order valence-electron chi connectivity index (χ1n) is 3.69. The van der Waals surface area contributed by atoms with E-state index >= 15 is 0 Å². The van der Waals surface area contributed by atoms with Crippen LogP contribution in [0.4, 0.5) is 0 Å². The summed E-state index contributed by atoms with van der Waals surface area (Å²) in [6, 6.07) is 0. The second kappa shape index (κ2) is 6.48. The van der Waals surface area contributed by atoms with Gasteiger partial charge in [0.1, 0.15) is 6.61 Å². The lowest BCUT2D eigenvalue weighted by atomic mass is 10.4. The second-order valence-electron chi connectivity index (χ2n) is 2.29. The molecule has 0 aliphatic rings. The van der Waals surface area contributed by atoms with Gasteiger partial charge in [0.15, 0.2) is 0 Å². The number of thioether (sulfide) groups is 1. The number of rotatable bonds is 5. The molecule has 13 heavy (non-hydrogen) atoms. The molecule has 0 aromatic rings. The molecule has 0 spiro atoms. The summed E-state index contributed by atoms with van der Waals surface area (Å²) in [6.45, 7) is 8.59. The van der Waals surface area contributed by atoms with Gasteiger partial charge in [0.25, 0.3) is 0 Å². The van der Waals surface area contributed by atoms with Gasteiger partial charge in [0.2, 0.25) is 5.12 Å². The largest absolute Gasteiger partial charge is 0.462 e.